The van der Waals surface area contributed by atoms with Crippen LogP contribution in [-0.2, 0) is 21.3 Å². The van der Waals surface area contributed by atoms with E-state index in [2.05, 4.69) is 10.4 Å². The van der Waals surface area contributed by atoms with Gasteiger partial charge in [-0.1, -0.05) is 30.3 Å². The molecule has 2 heterocycles. The van der Waals surface area contributed by atoms with Crippen molar-refractivity contribution < 1.29 is 17.9 Å². The van der Waals surface area contributed by atoms with Gasteiger partial charge in [-0.15, -0.1) is 0 Å². The van der Waals surface area contributed by atoms with Gasteiger partial charge in [0, 0.05) is 5.56 Å². The van der Waals surface area contributed by atoms with Crippen molar-refractivity contribution in [1.82, 2.24) is 9.78 Å². The molecular formula is C20H19N3O4S. The summed E-state index contributed by atoms with van der Waals surface area (Å²) in [7, 11) is -3.25. The Kier molecular flexibility index (Phi) is 4.64. The minimum atomic E-state index is -3.25. The van der Waals surface area contributed by atoms with E-state index in [-0.39, 0.29) is 17.4 Å². The van der Waals surface area contributed by atoms with Crippen molar-refractivity contribution in [3.63, 3.8) is 0 Å². The summed E-state index contributed by atoms with van der Waals surface area (Å²) in [5.41, 5.74) is 2.12. The maximum atomic E-state index is 13.0. The molecule has 1 aromatic heterocycles. The molecule has 1 aliphatic rings. The number of hydrogen-bond donors (Lipinski definition) is 1. The number of nitrogens with one attached hydrogen (secondary N) is 1. The molecule has 3 aromatic rings. The highest BCUT2D eigenvalue weighted by atomic mass is 32.2. The Morgan fingerprint density at radius 3 is 2.57 bits per heavy atom. The summed E-state index contributed by atoms with van der Waals surface area (Å²) in [5, 5.41) is 7.31. The molecule has 0 radical (unpaired) electrons. The molecule has 1 N–H and O–H groups in total. The summed E-state index contributed by atoms with van der Waals surface area (Å²) >= 11 is 0. The molecule has 144 valence electrons. The van der Waals surface area contributed by atoms with Gasteiger partial charge in [-0.05, 0) is 31.2 Å². The number of sulfone groups is 1. The molecule has 0 spiro atoms. The Balaban J connectivity index is 1.76. The number of ether oxygens (including phenoxy) is 1. The van der Waals surface area contributed by atoms with Gasteiger partial charge in [-0.3, -0.25) is 4.79 Å². The number of amides is 1. The molecule has 28 heavy (non-hydrogen) atoms. The van der Waals surface area contributed by atoms with Gasteiger partial charge in [0.05, 0.1) is 35.1 Å². The minimum absolute atomic E-state index is 0.124. The second-order valence-corrected chi connectivity index (χ2v) is 8.50. The highest BCUT2D eigenvalue weighted by Gasteiger charge is 2.33. The Bertz CT molecular complexity index is 1140. The van der Waals surface area contributed by atoms with Crippen LogP contribution in [0.2, 0.25) is 0 Å². The van der Waals surface area contributed by atoms with E-state index < -0.39 is 9.84 Å². The van der Waals surface area contributed by atoms with Gasteiger partial charge in [0.15, 0.2) is 9.84 Å². The van der Waals surface area contributed by atoms with E-state index in [1.165, 1.54) is 0 Å². The van der Waals surface area contributed by atoms with Crippen LogP contribution < -0.4 is 10.1 Å². The summed E-state index contributed by atoms with van der Waals surface area (Å²) in [5.74, 6) is 0.197. The predicted molar refractivity (Wildman–Crippen MR) is 105 cm³/mol. The number of fused-ring (bicyclic) bond motifs is 1. The van der Waals surface area contributed by atoms with Crippen LogP contribution in [0.4, 0.5) is 5.82 Å². The number of benzene rings is 2. The number of carbonyl (C=O) groups excluding carboxylic acids is 1. The minimum Gasteiger partial charge on any atom is -0.493 e. The summed E-state index contributed by atoms with van der Waals surface area (Å²) in [4.78, 5) is 13.0. The van der Waals surface area contributed by atoms with Crippen molar-refractivity contribution >= 4 is 21.6 Å². The molecule has 0 bridgehead atoms. The second kappa shape index (κ2) is 7.12. The molecule has 0 atom stereocenters. The molecule has 0 saturated heterocycles. The number of nitrogens with zero attached hydrogens (tertiary/aromatic N) is 2. The molecule has 8 heteroatoms. The normalized spacial score (nSPS) is 14.5. The predicted octanol–water partition coefficient (Wildman–Crippen LogP) is 2.95. The fourth-order valence-corrected chi connectivity index (χ4v) is 4.73. The topological polar surface area (TPSA) is 90.3 Å². The summed E-state index contributed by atoms with van der Waals surface area (Å²) in [6.45, 7) is 2.27. The van der Waals surface area contributed by atoms with E-state index in [1.54, 1.807) is 28.9 Å². The van der Waals surface area contributed by atoms with Crippen LogP contribution in [0.15, 0.2) is 54.6 Å². The maximum absolute atomic E-state index is 13.0. The number of para-hydroxylation sites is 2. The van der Waals surface area contributed by atoms with Gasteiger partial charge >= 0.3 is 0 Å². The van der Waals surface area contributed by atoms with Crippen molar-refractivity contribution in [1.29, 1.82) is 0 Å². The van der Waals surface area contributed by atoms with Gasteiger partial charge in [0.25, 0.3) is 5.91 Å². The molecule has 2 aromatic carbocycles. The molecule has 4 rings (SSSR count). The first-order valence-electron chi connectivity index (χ1n) is 8.88. The lowest BCUT2D eigenvalue weighted by atomic mass is 10.2. The van der Waals surface area contributed by atoms with Gasteiger partial charge in [0.1, 0.15) is 11.6 Å². The molecular weight excluding hydrogens is 378 g/mol. The molecule has 1 aliphatic heterocycles. The number of rotatable bonds is 5. The van der Waals surface area contributed by atoms with Crippen molar-refractivity contribution in [2.24, 2.45) is 0 Å². The Morgan fingerprint density at radius 1 is 1.11 bits per heavy atom. The molecule has 0 saturated carbocycles. The maximum Gasteiger partial charge on any atom is 0.260 e. The van der Waals surface area contributed by atoms with E-state index >= 15 is 0 Å². The summed E-state index contributed by atoms with van der Waals surface area (Å²) < 4.78 is 31.2. The molecule has 0 fully saturated rings. The van der Waals surface area contributed by atoms with Gasteiger partial charge in [0.2, 0.25) is 0 Å². The van der Waals surface area contributed by atoms with E-state index in [0.717, 1.165) is 5.69 Å². The molecule has 0 aliphatic carbocycles. The van der Waals surface area contributed by atoms with Crippen LogP contribution in [-0.4, -0.2) is 30.7 Å². The van der Waals surface area contributed by atoms with Crippen molar-refractivity contribution in [2.75, 3.05) is 11.9 Å². The SMILES string of the molecule is CCOc1ccccc1C(=O)Nc1c2c(nn1-c1ccccc1)CS(=O)(=O)C2. The fourth-order valence-electron chi connectivity index (χ4n) is 3.24. The van der Waals surface area contributed by atoms with E-state index in [0.29, 0.717) is 35.0 Å². The number of carbonyl (C=O) groups is 1. The standard InChI is InChI=1S/C20H19N3O4S/c1-2-27-18-11-7-6-10-15(18)20(24)21-19-16-12-28(25,26)13-17(16)22-23(19)14-8-4-3-5-9-14/h3-11H,2,12-13H2,1H3,(H,21,24). The largest absolute Gasteiger partial charge is 0.493 e. The van der Waals surface area contributed by atoms with E-state index in [9.17, 15) is 13.2 Å². The third kappa shape index (κ3) is 3.38. The van der Waals surface area contributed by atoms with E-state index in [1.807, 2.05) is 37.3 Å². The van der Waals surface area contributed by atoms with Crippen LogP contribution >= 0.6 is 0 Å². The van der Waals surface area contributed by atoms with E-state index in [4.69, 9.17) is 4.74 Å². The molecule has 0 unspecified atom stereocenters. The lowest BCUT2D eigenvalue weighted by molar-refractivity contribution is 0.102. The third-order valence-electron chi connectivity index (χ3n) is 4.45. The van der Waals surface area contributed by atoms with Crippen LogP contribution in [0, 0.1) is 0 Å². The lowest BCUT2D eigenvalue weighted by Gasteiger charge is -2.13. The number of aromatic nitrogens is 2. The van der Waals surface area contributed by atoms with Crippen molar-refractivity contribution in [2.45, 2.75) is 18.4 Å². The number of anilines is 1. The summed E-state index contributed by atoms with van der Waals surface area (Å²) in [6.07, 6.45) is 0. The fraction of sp³-hybridized carbons (Fsp3) is 0.200. The quantitative estimate of drug-likeness (QED) is 0.715. The monoisotopic (exact) mass is 397 g/mol. The Morgan fingerprint density at radius 2 is 1.82 bits per heavy atom. The molecule has 7 nitrogen and oxygen atoms in total. The first kappa shape index (κ1) is 18.2. The Labute approximate surface area is 162 Å². The zero-order chi connectivity index (χ0) is 19.7. The highest BCUT2D eigenvalue weighted by Crippen LogP contribution is 2.33. The van der Waals surface area contributed by atoms with Crippen LogP contribution in [0.1, 0.15) is 28.5 Å². The smallest absolute Gasteiger partial charge is 0.260 e. The van der Waals surface area contributed by atoms with Crippen LogP contribution in [0.3, 0.4) is 0 Å². The Hall–Kier alpha value is -3.13. The zero-order valence-electron chi connectivity index (χ0n) is 15.3. The third-order valence-corrected chi connectivity index (χ3v) is 5.89. The first-order valence-corrected chi connectivity index (χ1v) is 10.7. The van der Waals surface area contributed by atoms with Gasteiger partial charge in [-0.25, -0.2) is 13.1 Å². The zero-order valence-corrected chi connectivity index (χ0v) is 16.1. The van der Waals surface area contributed by atoms with Gasteiger partial charge in [-0.2, -0.15) is 5.10 Å². The highest BCUT2D eigenvalue weighted by molar-refractivity contribution is 7.90. The van der Waals surface area contributed by atoms with Gasteiger partial charge < -0.3 is 10.1 Å². The number of hydrogen-bond acceptors (Lipinski definition) is 5. The van der Waals surface area contributed by atoms with Crippen molar-refractivity contribution in [3.8, 4) is 11.4 Å². The van der Waals surface area contributed by atoms with Crippen LogP contribution in [0.25, 0.3) is 5.69 Å². The second-order valence-electron chi connectivity index (χ2n) is 6.44. The average Bonchev–Trinajstić information content (AvgIpc) is 3.15. The molecule has 1 amide bonds. The van der Waals surface area contributed by atoms with Crippen LogP contribution in [0.5, 0.6) is 5.75 Å². The summed E-state index contributed by atoms with van der Waals surface area (Å²) in [6, 6.07) is 16.2. The van der Waals surface area contributed by atoms with Crippen molar-refractivity contribution in [3.05, 3.63) is 71.4 Å². The average molecular weight is 397 g/mol. The first-order chi connectivity index (χ1) is 13.5. The lowest BCUT2D eigenvalue weighted by Crippen LogP contribution is -2.18.